The molecule has 0 spiro atoms. The Hall–Kier alpha value is -2.41. The molecule has 0 saturated carbocycles. The summed E-state index contributed by atoms with van der Waals surface area (Å²) < 4.78 is 0. The Balaban J connectivity index is 2.14. The Morgan fingerprint density at radius 1 is 1.50 bits per heavy atom. The molecule has 0 aliphatic heterocycles. The molecule has 0 atom stereocenters. The third kappa shape index (κ3) is 2.64. The Kier molecular flexibility index (Phi) is 3.24. The Morgan fingerprint density at radius 3 is 2.89 bits per heavy atom. The number of carbonyl (C=O) groups is 1. The number of anilines is 1. The van der Waals surface area contributed by atoms with Crippen LogP contribution in [0.25, 0.3) is 0 Å². The van der Waals surface area contributed by atoms with Crippen molar-refractivity contribution in [3.8, 4) is 0 Å². The molecule has 0 bridgehead atoms. The lowest BCUT2D eigenvalue weighted by Gasteiger charge is -2.02. The fourth-order valence-electron chi connectivity index (χ4n) is 1.30. The molecule has 2 rings (SSSR count). The highest BCUT2D eigenvalue weighted by molar-refractivity contribution is 6.29. The largest absolute Gasteiger partial charge is 0.351 e. The number of nitrogens with one attached hydrogen (secondary N) is 2. The predicted octanol–water partition coefficient (Wildman–Crippen LogP) is 2.22. The van der Waals surface area contributed by atoms with Gasteiger partial charge in [-0.25, -0.2) is 4.98 Å². The van der Waals surface area contributed by atoms with Gasteiger partial charge in [-0.3, -0.25) is 14.9 Å². The molecule has 0 unspecified atom stereocenters. The van der Waals surface area contributed by atoms with Crippen molar-refractivity contribution in [1.82, 2.24) is 9.97 Å². The summed E-state index contributed by atoms with van der Waals surface area (Å²) in [6, 6.07) is 4.18. The van der Waals surface area contributed by atoms with Crippen LogP contribution in [0.5, 0.6) is 0 Å². The number of carbonyl (C=O) groups excluding carboxylic acids is 1. The average Bonchev–Trinajstić information content (AvgIpc) is 2.78. The van der Waals surface area contributed by atoms with Crippen LogP contribution in [0.4, 0.5) is 11.4 Å². The molecule has 18 heavy (non-hydrogen) atoms. The summed E-state index contributed by atoms with van der Waals surface area (Å²) in [4.78, 5) is 27.9. The minimum absolute atomic E-state index is 0.0923. The number of hydrogen-bond donors (Lipinski definition) is 2. The number of aromatic nitrogens is 2. The molecular formula is C10H7ClN4O3. The van der Waals surface area contributed by atoms with E-state index in [1.54, 1.807) is 6.07 Å². The molecule has 1 amide bonds. The van der Waals surface area contributed by atoms with Crippen molar-refractivity contribution in [2.45, 2.75) is 0 Å². The highest BCUT2D eigenvalue weighted by Gasteiger charge is 2.14. The quantitative estimate of drug-likeness (QED) is 0.505. The van der Waals surface area contributed by atoms with Crippen LogP contribution in [0.3, 0.4) is 0 Å². The van der Waals surface area contributed by atoms with E-state index in [-0.39, 0.29) is 16.5 Å². The van der Waals surface area contributed by atoms with Gasteiger partial charge >= 0.3 is 0 Å². The fraction of sp³-hybridized carbons (Fsp3) is 0. The summed E-state index contributed by atoms with van der Waals surface area (Å²) in [7, 11) is 0. The summed E-state index contributed by atoms with van der Waals surface area (Å²) in [5, 5.41) is 13.2. The molecule has 0 aliphatic carbocycles. The minimum Gasteiger partial charge on any atom is -0.351 e. The van der Waals surface area contributed by atoms with Crippen molar-refractivity contribution in [1.29, 1.82) is 0 Å². The lowest BCUT2D eigenvalue weighted by Crippen LogP contribution is -2.12. The zero-order chi connectivity index (χ0) is 13.1. The first-order chi connectivity index (χ1) is 8.56. The normalized spacial score (nSPS) is 10.1. The van der Waals surface area contributed by atoms with Gasteiger partial charge < -0.3 is 10.3 Å². The lowest BCUT2D eigenvalue weighted by molar-refractivity contribution is -0.384. The van der Waals surface area contributed by atoms with Crippen LogP contribution in [-0.4, -0.2) is 20.8 Å². The van der Waals surface area contributed by atoms with E-state index in [9.17, 15) is 14.9 Å². The van der Waals surface area contributed by atoms with Crippen LogP contribution < -0.4 is 5.32 Å². The highest BCUT2D eigenvalue weighted by Crippen LogP contribution is 2.15. The van der Waals surface area contributed by atoms with Gasteiger partial charge in [-0.2, -0.15) is 0 Å². The molecule has 0 saturated heterocycles. The van der Waals surface area contributed by atoms with Crippen molar-refractivity contribution >= 4 is 28.9 Å². The molecule has 2 N–H and O–H groups in total. The number of pyridine rings is 1. The predicted molar refractivity (Wildman–Crippen MR) is 64.6 cm³/mol. The summed E-state index contributed by atoms with van der Waals surface area (Å²) in [5.74, 6) is -0.495. The van der Waals surface area contributed by atoms with Gasteiger partial charge in [-0.15, -0.1) is 0 Å². The van der Waals surface area contributed by atoms with Gasteiger partial charge in [0.2, 0.25) is 0 Å². The second-order valence-corrected chi connectivity index (χ2v) is 3.74. The van der Waals surface area contributed by atoms with E-state index in [4.69, 9.17) is 11.6 Å². The standard InChI is InChI=1S/C10H7ClN4O3/c11-9-3-6(1-2-12-9)14-10(16)8-4-7(5-13-8)15(17)18/h1-5,13H,(H,12,14,16). The van der Waals surface area contributed by atoms with Gasteiger partial charge in [0.15, 0.2) is 0 Å². The Labute approximate surface area is 106 Å². The molecule has 0 aliphatic rings. The van der Waals surface area contributed by atoms with Crippen LogP contribution >= 0.6 is 11.6 Å². The van der Waals surface area contributed by atoms with Crippen LogP contribution in [0, 0.1) is 10.1 Å². The van der Waals surface area contributed by atoms with Crippen LogP contribution in [-0.2, 0) is 0 Å². The molecule has 0 radical (unpaired) electrons. The number of nitrogens with zero attached hydrogens (tertiary/aromatic N) is 2. The third-order valence-electron chi connectivity index (χ3n) is 2.11. The molecule has 7 nitrogen and oxygen atoms in total. The molecule has 92 valence electrons. The zero-order valence-electron chi connectivity index (χ0n) is 8.88. The SMILES string of the molecule is O=C(Nc1ccnc(Cl)c1)c1cc([N+](=O)[O-])c[nH]1. The number of halogens is 1. The number of hydrogen-bond acceptors (Lipinski definition) is 4. The maximum atomic E-state index is 11.7. The van der Waals surface area contributed by atoms with Crippen molar-refractivity contribution in [3.05, 3.63) is 51.6 Å². The number of nitro groups is 1. The molecule has 2 heterocycles. The Morgan fingerprint density at radius 2 is 2.28 bits per heavy atom. The molecule has 0 fully saturated rings. The second-order valence-electron chi connectivity index (χ2n) is 3.35. The first-order valence-corrected chi connectivity index (χ1v) is 5.20. The maximum absolute atomic E-state index is 11.7. The monoisotopic (exact) mass is 266 g/mol. The molecule has 0 aromatic carbocycles. The molecule has 2 aromatic rings. The maximum Gasteiger partial charge on any atom is 0.287 e. The van der Waals surface area contributed by atoms with Gasteiger partial charge in [0.05, 0.1) is 11.1 Å². The zero-order valence-corrected chi connectivity index (χ0v) is 9.64. The van der Waals surface area contributed by atoms with E-state index in [0.29, 0.717) is 5.69 Å². The van der Waals surface area contributed by atoms with Crippen molar-refractivity contribution in [3.63, 3.8) is 0 Å². The topological polar surface area (TPSA) is 101 Å². The van der Waals surface area contributed by atoms with Gasteiger partial charge in [-0.05, 0) is 12.1 Å². The number of rotatable bonds is 3. The third-order valence-corrected chi connectivity index (χ3v) is 2.31. The van der Waals surface area contributed by atoms with E-state index >= 15 is 0 Å². The number of aromatic amines is 1. The molecule has 8 heteroatoms. The summed E-state index contributed by atoms with van der Waals surface area (Å²) in [5.41, 5.74) is 0.375. The smallest absolute Gasteiger partial charge is 0.287 e. The minimum atomic E-state index is -0.587. The van der Waals surface area contributed by atoms with Gasteiger partial charge in [-0.1, -0.05) is 11.6 Å². The first-order valence-electron chi connectivity index (χ1n) is 4.82. The Bertz CT molecular complexity index is 611. The summed E-state index contributed by atoms with van der Waals surface area (Å²) >= 11 is 5.66. The summed E-state index contributed by atoms with van der Waals surface area (Å²) in [6.07, 6.45) is 2.59. The van der Waals surface area contributed by atoms with E-state index < -0.39 is 10.8 Å². The summed E-state index contributed by atoms with van der Waals surface area (Å²) in [6.45, 7) is 0. The van der Waals surface area contributed by atoms with E-state index in [1.165, 1.54) is 12.3 Å². The van der Waals surface area contributed by atoms with Crippen molar-refractivity contribution in [2.75, 3.05) is 5.32 Å². The average molecular weight is 267 g/mol. The fourth-order valence-corrected chi connectivity index (χ4v) is 1.47. The van der Waals surface area contributed by atoms with Crippen LogP contribution in [0.1, 0.15) is 10.5 Å². The molecular weight excluding hydrogens is 260 g/mol. The second kappa shape index (κ2) is 4.84. The highest BCUT2D eigenvalue weighted by atomic mass is 35.5. The van der Waals surface area contributed by atoms with Crippen LogP contribution in [0.2, 0.25) is 5.15 Å². The van der Waals surface area contributed by atoms with Crippen LogP contribution in [0.15, 0.2) is 30.6 Å². The van der Waals surface area contributed by atoms with E-state index in [2.05, 4.69) is 15.3 Å². The van der Waals surface area contributed by atoms with E-state index in [1.807, 2.05) is 0 Å². The van der Waals surface area contributed by atoms with Gasteiger partial charge in [0.25, 0.3) is 11.6 Å². The van der Waals surface area contributed by atoms with Gasteiger partial charge in [0.1, 0.15) is 10.8 Å². The van der Waals surface area contributed by atoms with Crippen molar-refractivity contribution < 1.29 is 9.72 Å². The molecule has 2 aromatic heterocycles. The number of H-pyrrole nitrogens is 1. The lowest BCUT2D eigenvalue weighted by atomic mass is 10.3. The van der Waals surface area contributed by atoms with Crippen molar-refractivity contribution in [2.24, 2.45) is 0 Å². The van der Waals surface area contributed by atoms with E-state index in [0.717, 1.165) is 12.3 Å². The number of amides is 1. The van der Waals surface area contributed by atoms with Gasteiger partial charge in [0, 0.05) is 18.0 Å². The first kappa shape index (κ1) is 12.1.